The summed E-state index contributed by atoms with van der Waals surface area (Å²) in [7, 11) is 0. The van der Waals surface area contributed by atoms with Crippen molar-refractivity contribution in [2.75, 3.05) is 0 Å². The van der Waals surface area contributed by atoms with Crippen LogP contribution >= 0.6 is 0 Å². The Bertz CT molecular complexity index is 832. The number of nitrogens with zero attached hydrogens (tertiary/aromatic N) is 2. The molecule has 0 bridgehead atoms. The van der Waals surface area contributed by atoms with Crippen LogP contribution in [0.3, 0.4) is 0 Å². The Kier molecular flexibility index (Phi) is 5.44. The first kappa shape index (κ1) is 18.2. The van der Waals surface area contributed by atoms with Gasteiger partial charge in [0.05, 0.1) is 48.8 Å². The first-order valence-electron chi connectivity index (χ1n) is 8.69. The summed E-state index contributed by atoms with van der Waals surface area (Å²) in [5.74, 6) is -0.132. The van der Waals surface area contributed by atoms with E-state index in [-0.39, 0.29) is 25.0 Å². The summed E-state index contributed by atoms with van der Waals surface area (Å²) in [4.78, 5) is 21.1. The van der Waals surface area contributed by atoms with Gasteiger partial charge in [0.15, 0.2) is 0 Å². The summed E-state index contributed by atoms with van der Waals surface area (Å²) in [5, 5.41) is 22.5. The SMILES string of the molecule is CC(O)C1=NCc2cc(CC(=O)N[C@H](C)c3ccccc3)nc(CO)c21. The first-order chi connectivity index (χ1) is 12.5. The second-order valence-corrected chi connectivity index (χ2v) is 6.51. The third-order valence-electron chi connectivity index (χ3n) is 4.47. The normalized spacial score (nSPS) is 15.2. The van der Waals surface area contributed by atoms with Crippen LogP contribution in [0, 0.1) is 0 Å². The van der Waals surface area contributed by atoms with E-state index in [0.717, 1.165) is 11.1 Å². The molecule has 0 radical (unpaired) electrons. The zero-order valence-electron chi connectivity index (χ0n) is 14.9. The molecule has 1 amide bonds. The Morgan fingerprint density at radius 2 is 2.00 bits per heavy atom. The van der Waals surface area contributed by atoms with Crippen LogP contribution in [0.4, 0.5) is 0 Å². The molecular formula is C20H23N3O3. The third-order valence-corrected chi connectivity index (χ3v) is 4.47. The molecule has 2 heterocycles. The molecule has 26 heavy (non-hydrogen) atoms. The van der Waals surface area contributed by atoms with Gasteiger partial charge in [-0.15, -0.1) is 0 Å². The van der Waals surface area contributed by atoms with E-state index in [9.17, 15) is 15.0 Å². The van der Waals surface area contributed by atoms with E-state index in [1.54, 1.807) is 6.92 Å². The standard InChI is InChI=1S/C20H23N3O3/c1-12(14-6-4-3-5-7-14)22-18(26)9-16-8-15-10-21-20(13(2)25)19(15)17(11-24)23-16/h3-8,12-13,24-25H,9-11H2,1-2H3,(H,22,26)/t12-,13?/m1/s1. The number of benzene rings is 1. The Morgan fingerprint density at radius 1 is 1.27 bits per heavy atom. The van der Waals surface area contributed by atoms with E-state index in [0.29, 0.717) is 29.2 Å². The summed E-state index contributed by atoms with van der Waals surface area (Å²) in [6.07, 6.45) is -0.592. The van der Waals surface area contributed by atoms with E-state index in [2.05, 4.69) is 15.3 Å². The number of nitrogens with one attached hydrogen (secondary N) is 1. The van der Waals surface area contributed by atoms with Crippen LogP contribution in [0.15, 0.2) is 41.4 Å². The van der Waals surface area contributed by atoms with Crippen molar-refractivity contribution in [3.63, 3.8) is 0 Å². The van der Waals surface area contributed by atoms with Gasteiger partial charge < -0.3 is 15.5 Å². The summed E-state index contributed by atoms with van der Waals surface area (Å²) in [6, 6.07) is 11.5. The van der Waals surface area contributed by atoms with Crippen molar-refractivity contribution in [2.45, 2.75) is 45.6 Å². The minimum Gasteiger partial charge on any atom is -0.390 e. The fourth-order valence-corrected chi connectivity index (χ4v) is 3.23. The lowest BCUT2D eigenvalue weighted by Crippen LogP contribution is -2.28. The molecule has 3 rings (SSSR count). The number of rotatable bonds is 6. The van der Waals surface area contributed by atoms with Crippen LogP contribution in [0.5, 0.6) is 0 Å². The Morgan fingerprint density at radius 3 is 2.65 bits per heavy atom. The number of aromatic nitrogens is 1. The predicted molar refractivity (Wildman–Crippen MR) is 98.8 cm³/mol. The average molecular weight is 353 g/mol. The highest BCUT2D eigenvalue weighted by Gasteiger charge is 2.25. The number of hydrogen-bond donors (Lipinski definition) is 3. The van der Waals surface area contributed by atoms with Gasteiger partial charge in [-0.05, 0) is 31.0 Å². The second kappa shape index (κ2) is 7.76. The highest BCUT2D eigenvalue weighted by molar-refractivity contribution is 6.07. The molecule has 6 nitrogen and oxygen atoms in total. The van der Waals surface area contributed by atoms with Gasteiger partial charge in [0.2, 0.25) is 5.91 Å². The average Bonchev–Trinajstić information content (AvgIpc) is 3.05. The lowest BCUT2D eigenvalue weighted by atomic mass is 9.99. The Hall–Kier alpha value is -2.57. The number of carbonyl (C=O) groups is 1. The molecule has 0 spiro atoms. The number of hydrogen-bond acceptors (Lipinski definition) is 5. The van der Waals surface area contributed by atoms with Crippen molar-refractivity contribution in [2.24, 2.45) is 4.99 Å². The largest absolute Gasteiger partial charge is 0.390 e. The summed E-state index contributed by atoms with van der Waals surface area (Å²) < 4.78 is 0. The molecule has 0 saturated heterocycles. The molecular weight excluding hydrogens is 330 g/mol. The highest BCUT2D eigenvalue weighted by atomic mass is 16.3. The molecule has 2 atom stereocenters. The topological polar surface area (TPSA) is 94.8 Å². The summed E-state index contributed by atoms with van der Waals surface area (Å²) in [5.41, 5.74) is 4.23. The molecule has 0 saturated carbocycles. The maximum Gasteiger partial charge on any atom is 0.226 e. The molecule has 1 aromatic heterocycles. The van der Waals surface area contributed by atoms with E-state index >= 15 is 0 Å². The van der Waals surface area contributed by atoms with E-state index in [4.69, 9.17) is 0 Å². The maximum absolute atomic E-state index is 12.4. The second-order valence-electron chi connectivity index (χ2n) is 6.51. The lowest BCUT2D eigenvalue weighted by molar-refractivity contribution is -0.121. The molecule has 136 valence electrons. The molecule has 1 aliphatic heterocycles. The minimum atomic E-state index is -0.718. The lowest BCUT2D eigenvalue weighted by Gasteiger charge is -2.15. The van der Waals surface area contributed by atoms with Crippen LogP contribution in [-0.4, -0.2) is 32.9 Å². The molecule has 1 unspecified atom stereocenters. The zero-order valence-corrected chi connectivity index (χ0v) is 14.9. The molecule has 1 aromatic carbocycles. The molecule has 3 N–H and O–H groups in total. The molecule has 1 aliphatic rings. The number of aliphatic hydroxyl groups excluding tert-OH is 2. The van der Waals surface area contributed by atoms with E-state index in [1.807, 2.05) is 43.3 Å². The van der Waals surface area contributed by atoms with Gasteiger partial charge in [-0.25, -0.2) is 0 Å². The number of pyridine rings is 1. The number of aliphatic hydroxyl groups is 2. The van der Waals surface area contributed by atoms with Crippen LogP contribution < -0.4 is 5.32 Å². The number of fused-ring (bicyclic) bond motifs is 1. The first-order valence-corrected chi connectivity index (χ1v) is 8.69. The number of amides is 1. The Labute approximate surface area is 152 Å². The fourth-order valence-electron chi connectivity index (χ4n) is 3.23. The van der Waals surface area contributed by atoms with Crippen LogP contribution in [-0.2, 0) is 24.4 Å². The van der Waals surface area contributed by atoms with Gasteiger partial charge in [-0.1, -0.05) is 30.3 Å². The van der Waals surface area contributed by atoms with Gasteiger partial charge in [0, 0.05) is 5.56 Å². The molecule has 0 aliphatic carbocycles. The van der Waals surface area contributed by atoms with Gasteiger partial charge >= 0.3 is 0 Å². The summed E-state index contributed by atoms with van der Waals surface area (Å²) in [6.45, 7) is 3.75. The van der Waals surface area contributed by atoms with Gasteiger partial charge in [-0.2, -0.15) is 0 Å². The van der Waals surface area contributed by atoms with Crippen molar-refractivity contribution in [1.82, 2.24) is 10.3 Å². The van der Waals surface area contributed by atoms with E-state index in [1.165, 1.54) is 0 Å². The number of carbonyl (C=O) groups excluding carboxylic acids is 1. The van der Waals surface area contributed by atoms with Crippen LogP contribution in [0.2, 0.25) is 0 Å². The Balaban J connectivity index is 1.74. The van der Waals surface area contributed by atoms with Gasteiger partial charge in [0.1, 0.15) is 0 Å². The monoisotopic (exact) mass is 353 g/mol. The highest BCUT2D eigenvalue weighted by Crippen LogP contribution is 2.25. The number of aliphatic imine (C=N–C) groups is 1. The fraction of sp³-hybridized carbons (Fsp3) is 0.350. The van der Waals surface area contributed by atoms with Crippen molar-refractivity contribution in [3.8, 4) is 0 Å². The maximum atomic E-state index is 12.4. The van der Waals surface area contributed by atoms with Crippen LogP contribution in [0.25, 0.3) is 0 Å². The van der Waals surface area contributed by atoms with Crippen molar-refractivity contribution < 1.29 is 15.0 Å². The molecule has 6 heteroatoms. The molecule has 2 aromatic rings. The third kappa shape index (κ3) is 3.81. The quantitative estimate of drug-likeness (QED) is 0.736. The molecule has 0 fully saturated rings. The summed E-state index contributed by atoms with van der Waals surface area (Å²) >= 11 is 0. The van der Waals surface area contributed by atoms with Crippen molar-refractivity contribution in [3.05, 3.63) is 64.5 Å². The van der Waals surface area contributed by atoms with E-state index < -0.39 is 6.10 Å². The van der Waals surface area contributed by atoms with Crippen LogP contribution in [0.1, 0.15) is 48.0 Å². The van der Waals surface area contributed by atoms with Gasteiger partial charge in [-0.3, -0.25) is 14.8 Å². The van der Waals surface area contributed by atoms with Gasteiger partial charge in [0.25, 0.3) is 0 Å². The minimum absolute atomic E-state index is 0.0967. The smallest absolute Gasteiger partial charge is 0.226 e. The zero-order chi connectivity index (χ0) is 18.7. The van der Waals surface area contributed by atoms with Crippen molar-refractivity contribution >= 4 is 11.6 Å². The van der Waals surface area contributed by atoms with Crippen molar-refractivity contribution in [1.29, 1.82) is 0 Å². The predicted octanol–water partition coefficient (Wildman–Crippen LogP) is 1.68.